The highest BCUT2D eigenvalue weighted by molar-refractivity contribution is 7.89. The maximum absolute atomic E-state index is 12.4. The maximum Gasteiger partial charge on any atom is 0.573 e. The van der Waals surface area contributed by atoms with Gasteiger partial charge >= 0.3 is 6.36 Å². The molecule has 22 heavy (non-hydrogen) atoms. The lowest BCUT2D eigenvalue weighted by molar-refractivity contribution is -0.275. The molecule has 0 atom stereocenters. The number of amides is 1. The molecule has 0 aliphatic rings. The molecule has 124 valence electrons. The fraction of sp³-hybridized carbons (Fsp3) is 0.417. The van der Waals surface area contributed by atoms with Gasteiger partial charge in [0.05, 0.1) is 6.54 Å². The first-order chi connectivity index (χ1) is 10.1. The molecule has 0 aromatic heterocycles. The van der Waals surface area contributed by atoms with Crippen LogP contribution in [-0.2, 0) is 14.8 Å². The molecule has 1 aromatic carbocycles. The van der Waals surface area contributed by atoms with Crippen molar-refractivity contribution in [1.82, 2.24) is 9.62 Å². The number of alkyl halides is 3. The van der Waals surface area contributed by atoms with Gasteiger partial charge in [0, 0.05) is 13.6 Å². The van der Waals surface area contributed by atoms with Crippen LogP contribution in [0.15, 0.2) is 29.2 Å². The highest BCUT2D eigenvalue weighted by Crippen LogP contribution is 2.31. The second kappa shape index (κ2) is 6.97. The second-order valence-electron chi connectivity index (χ2n) is 4.10. The van der Waals surface area contributed by atoms with Crippen LogP contribution < -0.4 is 10.1 Å². The van der Waals surface area contributed by atoms with Gasteiger partial charge in [0.2, 0.25) is 15.9 Å². The van der Waals surface area contributed by atoms with Crippen molar-refractivity contribution < 1.29 is 31.1 Å². The van der Waals surface area contributed by atoms with Crippen molar-refractivity contribution in [3.63, 3.8) is 0 Å². The van der Waals surface area contributed by atoms with Crippen molar-refractivity contribution in [2.75, 3.05) is 20.1 Å². The Morgan fingerprint density at radius 2 is 1.91 bits per heavy atom. The minimum absolute atomic E-state index is 0.0872. The maximum atomic E-state index is 12.4. The molecule has 0 unspecified atom stereocenters. The fourth-order valence-electron chi connectivity index (χ4n) is 1.62. The standard InChI is InChI=1S/C12H15F3N2O4S/c1-3-17(8-11(18)16-2)22(19,20)10-7-5-4-6-9(10)21-12(13,14)15/h4-7H,3,8H2,1-2H3,(H,16,18). The Morgan fingerprint density at radius 3 is 2.41 bits per heavy atom. The summed E-state index contributed by atoms with van der Waals surface area (Å²) in [7, 11) is -2.99. The minimum Gasteiger partial charge on any atom is -0.404 e. The minimum atomic E-state index is -5.02. The van der Waals surface area contributed by atoms with E-state index in [-0.39, 0.29) is 6.54 Å². The Hall–Kier alpha value is -1.81. The van der Waals surface area contributed by atoms with Crippen molar-refractivity contribution in [3.8, 4) is 5.75 Å². The highest BCUT2D eigenvalue weighted by Gasteiger charge is 2.35. The van der Waals surface area contributed by atoms with Crippen LogP contribution in [0.3, 0.4) is 0 Å². The Morgan fingerprint density at radius 1 is 1.32 bits per heavy atom. The summed E-state index contributed by atoms with van der Waals surface area (Å²) in [5, 5.41) is 2.25. The lowest BCUT2D eigenvalue weighted by atomic mass is 10.3. The number of sulfonamides is 1. The van der Waals surface area contributed by atoms with Crippen LogP contribution in [0.5, 0.6) is 5.75 Å². The van der Waals surface area contributed by atoms with Crippen LogP contribution in [0.4, 0.5) is 13.2 Å². The largest absolute Gasteiger partial charge is 0.573 e. The van der Waals surface area contributed by atoms with Gasteiger partial charge in [-0.2, -0.15) is 4.31 Å². The zero-order valence-electron chi connectivity index (χ0n) is 11.8. The van der Waals surface area contributed by atoms with E-state index in [1.165, 1.54) is 26.1 Å². The number of para-hydroxylation sites is 1. The Labute approximate surface area is 125 Å². The number of benzene rings is 1. The molecule has 0 spiro atoms. The lowest BCUT2D eigenvalue weighted by Gasteiger charge is -2.21. The molecule has 0 fully saturated rings. The van der Waals surface area contributed by atoms with E-state index < -0.39 is 39.5 Å². The van der Waals surface area contributed by atoms with E-state index >= 15 is 0 Å². The van der Waals surface area contributed by atoms with Gasteiger partial charge in [0.1, 0.15) is 10.6 Å². The predicted molar refractivity (Wildman–Crippen MR) is 71.6 cm³/mol. The number of ether oxygens (including phenoxy) is 1. The topological polar surface area (TPSA) is 75.7 Å². The van der Waals surface area contributed by atoms with E-state index in [0.29, 0.717) is 0 Å². The van der Waals surface area contributed by atoms with E-state index in [9.17, 15) is 26.4 Å². The van der Waals surface area contributed by atoms with Crippen LogP contribution >= 0.6 is 0 Å². The third kappa shape index (κ3) is 4.60. The van der Waals surface area contributed by atoms with E-state index in [1.807, 2.05) is 0 Å². The molecule has 1 aromatic rings. The number of likely N-dealkylation sites (N-methyl/N-ethyl adjacent to an activating group) is 2. The fourth-order valence-corrected chi connectivity index (χ4v) is 3.14. The number of carbonyl (C=O) groups is 1. The van der Waals surface area contributed by atoms with Crippen LogP contribution in [0.2, 0.25) is 0 Å². The zero-order valence-corrected chi connectivity index (χ0v) is 12.7. The van der Waals surface area contributed by atoms with Gasteiger partial charge in [-0.15, -0.1) is 13.2 Å². The van der Waals surface area contributed by atoms with Gasteiger partial charge < -0.3 is 10.1 Å². The second-order valence-corrected chi connectivity index (χ2v) is 6.01. The van der Waals surface area contributed by atoms with Crippen molar-refractivity contribution in [1.29, 1.82) is 0 Å². The molecule has 0 aliphatic heterocycles. The highest BCUT2D eigenvalue weighted by atomic mass is 32.2. The van der Waals surface area contributed by atoms with Gasteiger partial charge in [-0.1, -0.05) is 19.1 Å². The van der Waals surface area contributed by atoms with E-state index in [2.05, 4.69) is 10.1 Å². The number of nitrogens with one attached hydrogen (secondary N) is 1. The first-order valence-electron chi connectivity index (χ1n) is 6.17. The number of rotatable bonds is 6. The van der Waals surface area contributed by atoms with Crippen LogP contribution in [-0.4, -0.2) is 45.1 Å². The number of hydrogen-bond donors (Lipinski definition) is 1. The summed E-state index contributed by atoms with van der Waals surface area (Å²) in [4.78, 5) is 10.7. The Bertz CT molecular complexity index is 632. The molecular formula is C12H15F3N2O4S. The molecule has 1 rings (SSSR count). The molecule has 0 radical (unpaired) electrons. The smallest absolute Gasteiger partial charge is 0.404 e. The van der Waals surface area contributed by atoms with Crippen molar-refractivity contribution in [2.24, 2.45) is 0 Å². The third-order valence-electron chi connectivity index (χ3n) is 2.64. The average molecular weight is 340 g/mol. The van der Waals surface area contributed by atoms with Crippen LogP contribution in [0, 0.1) is 0 Å². The molecule has 0 heterocycles. The molecule has 0 bridgehead atoms. The molecule has 0 saturated carbocycles. The van der Waals surface area contributed by atoms with Crippen molar-refractivity contribution in [3.05, 3.63) is 24.3 Å². The summed E-state index contributed by atoms with van der Waals surface area (Å²) in [5.74, 6) is -1.43. The quantitative estimate of drug-likeness (QED) is 0.848. The SMILES string of the molecule is CCN(CC(=O)NC)S(=O)(=O)c1ccccc1OC(F)(F)F. The molecule has 0 saturated heterocycles. The summed E-state index contributed by atoms with van der Waals surface area (Å²) in [6.07, 6.45) is -5.02. The lowest BCUT2D eigenvalue weighted by Crippen LogP contribution is -2.39. The van der Waals surface area contributed by atoms with E-state index in [0.717, 1.165) is 16.4 Å². The van der Waals surface area contributed by atoms with Gasteiger partial charge in [-0.3, -0.25) is 4.79 Å². The van der Waals surface area contributed by atoms with E-state index in [4.69, 9.17) is 0 Å². The van der Waals surface area contributed by atoms with Crippen molar-refractivity contribution >= 4 is 15.9 Å². The molecule has 6 nitrogen and oxygen atoms in total. The zero-order chi connectivity index (χ0) is 17.0. The molecular weight excluding hydrogens is 325 g/mol. The van der Waals surface area contributed by atoms with Crippen molar-refractivity contribution in [2.45, 2.75) is 18.2 Å². The van der Waals surface area contributed by atoms with Crippen LogP contribution in [0.25, 0.3) is 0 Å². The summed E-state index contributed by atoms with van der Waals surface area (Å²) < 4.78 is 66.4. The number of carbonyl (C=O) groups excluding carboxylic acids is 1. The molecule has 1 N–H and O–H groups in total. The number of nitrogens with zero attached hydrogens (tertiary/aromatic N) is 1. The van der Waals surface area contributed by atoms with Gasteiger partial charge in [0.25, 0.3) is 0 Å². The number of halogens is 3. The molecule has 0 aliphatic carbocycles. The average Bonchev–Trinajstić information content (AvgIpc) is 2.42. The van der Waals surface area contributed by atoms with E-state index in [1.54, 1.807) is 0 Å². The van der Waals surface area contributed by atoms with Gasteiger partial charge in [0.15, 0.2) is 0 Å². The third-order valence-corrected chi connectivity index (χ3v) is 4.60. The van der Waals surface area contributed by atoms with Gasteiger partial charge in [-0.05, 0) is 12.1 Å². The first-order valence-corrected chi connectivity index (χ1v) is 7.61. The normalized spacial score (nSPS) is 12.3. The Balaban J connectivity index is 3.24. The summed E-state index contributed by atoms with van der Waals surface area (Å²) in [5.41, 5.74) is 0. The number of hydrogen-bond acceptors (Lipinski definition) is 4. The van der Waals surface area contributed by atoms with Gasteiger partial charge in [-0.25, -0.2) is 8.42 Å². The summed E-state index contributed by atoms with van der Waals surface area (Å²) >= 11 is 0. The Kier molecular flexibility index (Phi) is 5.78. The first kappa shape index (κ1) is 18.2. The predicted octanol–water partition coefficient (Wildman–Crippen LogP) is 1.34. The van der Waals surface area contributed by atoms with Crippen LogP contribution in [0.1, 0.15) is 6.92 Å². The summed E-state index contributed by atoms with van der Waals surface area (Å²) in [6, 6.07) is 4.37. The molecule has 1 amide bonds. The summed E-state index contributed by atoms with van der Waals surface area (Å²) in [6.45, 7) is 0.875. The molecule has 10 heteroatoms. The monoisotopic (exact) mass is 340 g/mol.